The minimum Gasteiger partial charge on any atom is -0.338 e. The molecule has 1 atom stereocenters. The number of likely N-dealkylation sites (N-methyl/N-ethyl adjacent to an activating group) is 1. The average molecular weight is 300 g/mol. The first kappa shape index (κ1) is 16.0. The number of rotatable bonds is 5. The molecular weight excluding hydrogens is 278 g/mol. The van der Waals surface area contributed by atoms with Crippen LogP contribution in [-0.2, 0) is 11.3 Å². The molecule has 2 aromatic carbocycles. The average Bonchev–Trinajstić information content (AvgIpc) is 2.46. The van der Waals surface area contributed by atoms with Crippen LogP contribution < -0.4 is 15.5 Å². The maximum absolute atomic E-state index is 11.7. The van der Waals surface area contributed by atoms with Gasteiger partial charge >= 0.3 is 6.03 Å². The van der Waals surface area contributed by atoms with Crippen molar-refractivity contribution in [1.82, 2.24) is 10.6 Å². The number of carbonyl (C=O) groups excluding carboxylic acids is 2. The Morgan fingerprint density at radius 3 is 2.55 bits per heavy atom. The van der Waals surface area contributed by atoms with Gasteiger partial charge in [0.15, 0.2) is 6.54 Å². The van der Waals surface area contributed by atoms with Crippen LogP contribution in [0.25, 0.3) is 10.8 Å². The molecule has 116 valence electrons. The van der Waals surface area contributed by atoms with Gasteiger partial charge in [0.25, 0.3) is 5.91 Å². The maximum atomic E-state index is 11.7. The zero-order chi connectivity index (χ0) is 15.9. The third-order valence-electron chi connectivity index (χ3n) is 3.37. The Balaban J connectivity index is 1.91. The van der Waals surface area contributed by atoms with E-state index in [1.807, 2.05) is 19.2 Å². The summed E-state index contributed by atoms with van der Waals surface area (Å²) in [6.07, 6.45) is 0. The Bertz CT molecular complexity index is 670. The van der Waals surface area contributed by atoms with E-state index in [0.717, 1.165) is 11.4 Å². The molecule has 0 aromatic heterocycles. The molecule has 2 rings (SSSR count). The van der Waals surface area contributed by atoms with E-state index in [9.17, 15) is 9.59 Å². The number of fused-ring (bicyclic) bond motifs is 1. The van der Waals surface area contributed by atoms with Gasteiger partial charge in [-0.05, 0) is 23.8 Å². The standard InChI is InChI=1S/C17H21N3O2/c1-3-18-17(22)19-16(21)12-20(2)11-13-8-9-14-6-4-5-7-15(14)10-13/h4-10H,3,11-12H2,1-2H3,(H2,18,19,21,22)/p+1. The van der Waals surface area contributed by atoms with E-state index in [2.05, 4.69) is 41.0 Å². The van der Waals surface area contributed by atoms with Crippen LogP contribution in [0, 0.1) is 0 Å². The highest BCUT2D eigenvalue weighted by Gasteiger charge is 2.13. The fraction of sp³-hybridized carbons (Fsp3) is 0.294. The van der Waals surface area contributed by atoms with Crippen molar-refractivity contribution in [1.29, 1.82) is 0 Å². The molecule has 3 amide bonds. The number of imide groups is 1. The summed E-state index contributed by atoms with van der Waals surface area (Å²) in [5.74, 6) is -0.274. The van der Waals surface area contributed by atoms with Gasteiger partial charge in [0.1, 0.15) is 6.54 Å². The molecule has 3 N–H and O–H groups in total. The predicted octanol–water partition coefficient (Wildman–Crippen LogP) is 0.700. The molecule has 0 spiro atoms. The summed E-state index contributed by atoms with van der Waals surface area (Å²) >= 11 is 0. The minimum absolute atomic E-state index is 0.254. The van der Waals surface area contributed by atoms with Crippen LogP contribution in [0.3, 0.4) is 0 Å². The lowest BCUT2D eigenvalue weighted by molar-refractivity contribution is -0.885. The number of quaternary nitrogens is 1. The third kappa shape index (κ3) is 4.56. The van der Waals surface area contributed by atoms with Gasteiger partial charge in [0, 0.05) is 12.1 Å². The van der Waals surface area contributed by atoms with E-state index in [-0.39, 0.29) is 12.5 Å². The predicted molar refractivity (Wildman–Crippen MR) is 86.6 cm³/mol. The van der Waals surface area contributed by atoms with Gasteiger partial charge < -0.3 is 10.2 Å². The minimum atomic E-state index is -0.439. The van der Waals surface area contributed by atoms with Crippen molar-refractivity contribution in [3.8, 4) is 0 Å². The van der Waals surface area contributed by atoms with E-state index in [0.29, 0.717) is 6.54 Å². The summed E-state index contributed by atoms with van der Waals surface area (Å²) in [5.41, 5.74) is 1.17. The number of nitrogens with one attached hydrogen (secondary N) is 3. The lowest BCUT2D eigenvalue weighted by atomic mass is 10.1. The molecule has 2 aromatic rings. The number of hydrogen-bond acceptors (Lipinski definition) is 2. The third-order valence-corrected chi connectivity index (χ3v) is 3.37. The summed E-state index contributed by atoms with van der Waals surface area (Å²) in [6.45, 7) is 3.29. The lowest BCUT2D eigenvalue weighted by Crippen LogP contribution is -3.09. The topological polar surface area (TPSA) is 62.6 Å². The zero-order valence-electron chi connectivity index (χ0n) is 13.0. The second kappa shape index (κ2) is 7.56. The number of benzene rings is 2. The highest BCUT2D eigenvalue weighted by Crippen LogP contribution is 2.14. The molecule has 0 heterocycles. The van der Waals surface area contributed by atoms with Crippen molar-refractivity contribution in [2.75, 3.05) is 20.1 Å². The molecule has 0 aliphatic rings. The van der Waals surface area contributed by atoms with Crippen LogP contribution in [0.5, 0.6) is 0 Å². The van der Waals surface area contributed by atoms with E-state index < -0.39 is 6.03 Å². The van der Waals surface area contributed by atoms with Crippen LogP contribution >= 0.6 is 0 Å². The summed E-state index contributed by atoms with van der Waals surface area (Å²) in [6, 6.07) is 14.1. The first-order valence-electron chi connectivity index (χ1n) is 7.45. The zero-order valence-corrected chi connectivity index (χ0v) is 13.0. The van der Waals surface area contributed by atoms with Crippen molar-refractivity contribution in [2.45, 2.75) is 13.5 Å². The Morgan fingerprint density at radius 1 is 1.09 bits per heavy atom. The van der Waals surface area contributed by atoms with E-state index in [1.54, 1.807) is 6.92 Å². The van der Waals surface area contributed by atoms with Crippen molar-refractivity contribution >= 4 is 22.7 Å². The highest BCUT2D eigenvalue weighted by molar-refractivity contribution is 5.94. The number of carbonyl (C=O) groups is 2. The molecular formula is C17H22N3O2+. The fourth-order valence-corrected chi connectivity index (χ4v) is 2.41. The molecule has 5 heteroatoms. The largest absolute Gasteiger partial charge is 0.338 e. The van der Waals surface area contributed by atoms with Crippen molar-refractivity contribution in [2.24, 2.45) is 0 Å². The molecule has 0 fully saturated rings. The Hall–Kier alpha value is -2.40. The van der Waals surface area contributed by atoms with Crippen molar-refractivity contribution in [3.05, 3.63) is 48.0 Å². The first-order valence-corrected chi connectivity index (χ1v) is 7.45. The van der Waals surface area contributed by atoms with Gasteiger partial charge in [-0.15, -0.1) is 0 Å². The molecule has 0 saturated heterocycles. The lowest BCUT2D eigenvalue weighted by Gasteiger charge is -2.14. The van der Waals surface area contributed by atoms with Gasteiger partial charge in [-0.3, -0.25) is 10.1 Å². The fourth-order valence-electron chi connectivity index (χ4n) is 2.41. The normalized spacial score (nSPS) is 11.9. The molecule has 1 unspecified atom stereocenters. The Labute approximate surface area is 130 Å². The van der Waals surface area contributed by atoms with Crippen molar-refractivity contribution < 1.29 is 14.5 Å². The first-order chi connectivity index (χ1) is 10.6. The molecule has 0 saturated carbocycles. The van der Waals surface area contributed by atoms with Gasteiger partial charge in [0.2, 0.25) is 0 Å². The second-order valence-corrected chi connectivity index (χ2v) is 5.40. The van der Waals surface area contributed by atoms with Crippen LogP contribution in [0.15, 0.2) is 42.5 Å². The Kier molecular flexibility index (Phi) is 5.49. The SMILES string of the molecule is CCNC(=O)NC(=O)C[NH+](C)Cc1ccc2ccccc2c1. The summed E-state index contributed by atoms with van der Waals surface area (Å²) in [4.78, 5) is 24.1. The summed E-state index contributed by atoms with van der Waals surface area (Å²) < 4.78 is 0. The van der Waals surface area contributed by atoms with Gasteiger partial charge in [-0.2, -0.15) is 0 Å². The van der Waals surface area contributed by atoms with E-state index in [4.69, 9.17) is 0 Å². The van der Waals surface area contributed by atoms with Gasteiger partial charge in [-0.1, -0.05) is 36.4 Å². The molecule has 0 aliphatic carbocycles. The molecule has 5 nitrogen and oxygen atoms in total. The van der Waals surface area contributed by atoms with Gasteiger partial charge in [-0.25, -0.2) is 4.79 Å². The molecule has 0 aliphatic heterocycles. The smallest absolute Gasteiger partial charge is 0.321 e. The second-order valence-electron chi connectivity index (χ2n) is 5.40. The van der Waals surface area contributed by atoms with E-state index >= 15 is 0 Å². The number of amides is 3. The molecule has 0 bridgehead atoms. The summed E-state index contributed by atoms with van der Waals surface area (Å²) in [7, 11) is 1.94. The highest BCUT2D eigenvalue weighted by atomic mass is 16.2. The molecule has 0 radical (unpaired) electrons. The molecule has 22 heavy (non-hydrogen) atoms. The van der Waals surface area contributed by atoms with Crippen LogP contribution in [0.4, 0.5) is 4.79 Å². The van der Waals surface area contributed by atoms with Gasteiger partial charge in [0.05, 0.1) is 7.05 Å². The Morgan fingerprint density at radius 2 is 1.82 bits per heavy atom. The van der Waals surface area contributed by atoms with Crippen molar-refractivity contribution in [3.63, 3.8) is 0 Å². The van der Waals surface area contributed by atoms with Crippen LogP contribution in [0.2, 0.25) is 0 Å². The van der Waals surface area contributed by atoms with E-state index in [1.165, 1.54) is 16.3 Å². The maximum Gasteiger partial charge on any atom is 0.321 e. The quantitative estimate of drug-likeness (QED) is 0.761. The monoisotopic (exact) mass is 300 g/mol. The number of urea groups is 1. The van der Waals surface area contributed by atoms with Crippen LogP contribution in [-0.4, -0.2) is 32.1 Å². The summed E-state index contributed by atoms with van der Waals surface area (Å²) in [5, 5.41) is 7.26. The number of hydrogen-bond donors (Lipinski definition) is 3. The van der Waals surface area contributed by atoms with Crippen LogP contribution in [0.1, 0.15) is 12.5 Å².